The molecule has 1 N–H and O–H groups in total. The monoisotopic (exact) mass is 324 g/mol. The van der Waals surface area contributed by atoms with E-state index in [1.54, 1.807) is 0 Å². The normalized spacial score (nSPS) is 10.6. The van der Waals surface area contributed by atoms with Crippen molar-refractivity contribution in [3.8, 4) is 0 Å². The molecule has 0 aliphatic rings. The first kappa shape index (κ1) is 15.9. The molecule has 0 fully saturated rings. The van der Waals surface area contributed by atoms with E-state index in [0.29, 0.717) is 6.54 Å². The maximum absolute atomic E-state index is 13.1. The zero-order valence-electron chi connectivity index (χ0n) is 13.5. The van der Waals surface area contributed by atoms with E-state index in [1.165, 1.54) is 12.3 Å². The number of anilines is 1. The molecule has 0 unspecified atom stereocenters. The predicted molar refractivity (Wildman–Crippen MR) is 91.4 cm³/mol. The number of carbonyl (C=O) groups excluding carboxylic acids is 1. The molecule has 24 heavy (non-hydrogen) atoms. The summed E-state index contributed by atoms with van der Waals surface area (Å²) in [6.07, 6.45) is 1.27. The molecule has 6 heteroatoms. The van der Waals surface area contributed by atoms with Gasteiger partial charge in [0.2, 0.25) is 5.95 Å². The Bertz CT molecular complexity index is 895. The molecule has 0 spiro atoms. The van der Waals surface area contributed by atoms with Gasteiger partial charge < -0.3 is 10.2 Å². The van der Waals surface area contributed by atoms with Crippen LogP contribution >= 0.6 is 0 Å². The van der Waals surface area contributed by atoms with Gasteiger partial charge in [-0.1, -0.05) is 18.2 Å². The zero-order valence-corrected chi connectivity index (χ0v) is 13.5. The van der Waals surface area contributed by atoms with Gasteiger partial charge in [0.25, 0.3) is 5.91 Å². The van der Waals surface area contributed by atoms with E-state index in [9.17, 15) is 9.18 Å². The van der Waals surface area contributed by atoms with E-state index < -0.39 is 5.95 Å². The van der Waals surface area contributed by atoms with Gasteiger partial charge in [0.1, 0.15) is 5.82 Å². The summed E-state index contributed by atoms with van der Waals surface area (Å²) in [6.45, 7) is 0.326. The van der Waals surface area contributed by atoms with Crippen LogP contribution < -0.4 is 10.2 Å². The standard InChI is InChI=1S/C18H17FN4O/c1-23(2)17-10-13(14-5-3-4-6-15(14)22-17)11-21-18(24)12-7-8-20-16(19)9-12/h3-10H,11H2,1-2H3,(H,21,24). The van der Waals surface area contributed by atoms with Crippen molar-refractivity contribution in [3.63, 3.8) is 0 Å². The molecule has 3 aromatic rings. The van der Waals surface area contributed by atoms with Crippen molar-refractivity contribution in [2.75, 3.05) is 19.0 Å². The van der Waals surface area contributed by atoms with Crippen molar-refractivity contribution in [2.24, 2.45) is 0 Å². The Labute approximate surface area is 139 Å². The van der Waals surface area contributed by atoms with Gasteiger partial charge in [0.15, 0.2) is 0 Å². The molecule has 5 nitrogen and oxygen atoms in total. The number of nitrogens with one attached hydrogen (secondary N) is 1. The highest BCUT2D eigenvalue weighted by atomic mass is 19.1. The number of fused-ring (bicyclic) bond motifs is 1. The van der Waals surface area contributed by atoms with E-state index in [1.807, 2.05) is 49.3 Å². The van der Waals surface area contributed by atoms with Gasteiger partial charge in [-0.15, -0.1) is 0 Å². The average Bonchev–Trinajstić information content (AvgIpc) is 2.59. The topological polar surface area (TPSA) is 58.1 Å². The van der Waals surface area contributed by atoms with Crippen molar-refractivity contribution < 1.29 is 9.18 Å². The summed E-state index contributed by atoms with van der Waals surface area (Å²) >= 11 is 0. The number of aromatic nitrogens is 2. The third kappa shape index (κ3) is 3.32. The summed E-state index contributed by atoms with van der Waals surface area (Å²) in [5.74, 6) is -0.205. The van der Waals surface area contributed by atoms with E-state index in [-0.39, 0.29) is 11.5 Å². The maximum Gasteiger partial charge on any atom is 0.251 e. The predicted octanol–water partition coefficient (Wildman–Crippen LogP) is 2.76. The molecule has 0 aliphatic carbocycles. The molecule has 0 radical (unpaired) electrons. The highest BCUT2D eigenvalue weighted by Gasteiger charge is 2.10. The van der Waals surface area contributed by atoms with Crippen molar-refractivity contribution in [1.29, 1.82) is 0 Å². The Hall–Kier alpha value is -3.02. The van der Waals surface area contributed by atoms with Crippen LogP contribution in [0.4, 0.5) is 10.2 Å². The van der Waals surface area contributed by atoms with Gasteiger partial charge in [-0.2, -0.15) is 4.39 Å². The van der Waals surface area contributed by atoms with E-state index in [0.717, 1.165) is 28.4 Å². The van der Waals surface area contributed by atoms with Crippen LogP contribution in [0.3, 0.4) is 0 Å². The summed E-state index contributed by atoms with van der Waals surface area (Å²) in [6, 6.07) is 12.3. The quantitative estimate of drug-likeness (QED) is 0.750. The van der Waals surface area contributed by atoms with Gasteiger partial charge in [0, 0.05) is 43.9 Å². The second-order valence-corrected chi connectivity index (χ2v) is 5.60. The van der Waals surface area contributed by atoms with Crippen LogP contribution in [-0.2, 0) is 6.54 Å². The van der Waals surface area contributed by atoms with Gasteiger partial charge in [-0.05, 0) is 23.8 Å². The molecule has 0 atom stereocenters. The van der Waals surface area contributed by atoms with E-state index in [2.05, 4.69) is 15.3 Å². The molecule has 0 saturated carbocycles. The summed E-state index contributed by atoms with van der Waals surface area (Å²) < 4.78 is 13.1. The third-order valence-corrected chi connectivity index (χ3v) is 3.67. The van der Waals surface area contributed by atoms with Crippen molar-refractivity contribution in [2.45, 2.75) is 6.54 Å². The fourth-order valence-corrected chi connectivity index (χ4v) is 2.43. The number of amides is 1. The molecule has 2 aromatic heterocycles. The van der Waals surface area contributed by atoms with Crippen molar-refractivity contribution in [3.05, 3.63) is 65.7 Å². The first-order chi connectivity index (χ1) is 11.5. The Balaban J connectivity index is 1.88. The first-order valence-corrected chi connectivity index (χ1v) is 7.50. The van der Waals surface area contributed by atoms with Crippen LogP contribution in [0.1, 0.15) is 15.9 Å². The van der Waals surface area contributed by atoms with E-state index in [4.69, 9.17) is 0 Å². The molecule has 0 bridgehead atoms. The number of carbonyl (C=O) groups is 1. The number of nitrogens with zero attached hydrogens (tertiary/aromatic N) is 3. The fourth-order valence-electron chi connectivity index (χ4n) is 2.43. The molecule has 1 aromatic carbocycles. The molecular weight excluding hydrogens is 307 g/mol. The summed E-state index contributed by atoms with van der Waals surface area (Å²) in [7, 11) is 3.83. The molecule has 3 rings (SSSR count). The van der Waals surface area contributed by atoms with Gasteiger partial charge in [-0.25, -0.2) is 9.97 Å². The maximum atomic E-state index is 13.1. The Morgan fingerprint density at radius 2 is 2.00 bits per heavy atom. The van der Waals surface area contributed by atoms with Crippen LogP contribution in [0.5, 0.6) is 0 Å². The summed E-state index contributed by atoms with van der Waals surface area (Å²) in [5.41, 5.74) is 2.06. The SMILES string of the molecule is CN(C)c1cc(CNC(=O)c2ccnc(F)c2)c2ccccc2n1. The first-order valence-electron chi connectivity index (χ1n) is 7.50. The molecule has 0 saturated heterocycles. The fraction of sp³-hybridized carbons (Fsp3) is 0.167. The number of rotatable bonds is 4. The number of halogens is 1. The Kier molecular flexibility index (Phi) is 4.37. The van der Waals surface area contributed by atoms with Gasteiger partial charge in [0.05, 0.1) is 5.52 Å². The summed E-state index contributed by atoms with van der Waals surface area (Å²) in [5, 5.41) is 3.80. The second kappa shape index (κ2) is 6.62. The van der Waals surface area contributed by atoms with Crippen LogP contribution in [0.2, 0.25) is 0 Å². The van der Waals surface area contributed by atoms with Crippen LogP contribution in [-0.4, -0.2) is 30.0 Å². The lowest BCUT2D eigenvalue weighted by Gasteiger charge is -2.15. The number of para-hydroxylation sites is 1. The molecule has 2 heterocycles. The van der Waals surface area contributed by atoms with Gasteiger partial charge in [-0.3, -0.25) is 4.79 Å². The molecule has 0 aliphatic heterocycles. The largest absolute Gasteiger partial charge is 0.363 e. The molecule has 1 amide bonds. The minimum atomic E-state index is -0.674. The Morgan fingerprint density at radius 3 is 2.75 bits per heavy atom. The minimum Gasteiger partial charge on any atom is -0.363 e. The van der Waals surface area contributed by atoms with Crippen molar-refractivity contribution in [1.82, 2.24) is 15.3 Å². The van der Waals surface area contributed by atoms with Crippen LogP contribution in [0, 0.1) is 5.95 Å². The Morgan fingerprint density at radius 1 is 1.21 bits per heavy atom. The highest BCUT2D eigenvalue weighted by molar-refractivity contribution is 5.94. The average molecular weight is 324 g/mol. The number of pyridine rings is 2. The number of hydrogen-bond acceptors (Lipinski definition) is 4. The number of benzene rings is 1. The highest BCUT2D eigenvalue weighted by Crippen LogP contribution is 2.22. The zero-order chi connectivity index (χ0) is 17.1. The smallest absolute Gasteiger partial charge is 0.251 e. The molecule has 122 valence electrons. The molecular formula is C18H17FN4O. The van der Waals surface area contributed by atoms with Crippen LogP contribution in [0.25, 0.3) is 10.9 Å². The summed E-state index contributed by atoms with van der Waals surface area (Å²) in [4.78, 5) is 22.1. The lowest BCUT2D eigenvalue weighted by Crippen LogP contribution is -2.23. The number of hydrogen-bond donors (Lipinski definition) is 1. The van der Waals surface area contributed by atoms with Crippen molar-refractivity contribution >= 4 is 22.6 Å². The lowest BCUT2D eigenvalue weighted by molar-refractivity contribution is 0.0950. The lowest BCUT2D eigenvalue weighted by atomic mass is 10.1. The minimum absolute atomic E-state index is 0.244. The van der Waals surface area contributed by atoms with Gasteiger partial charge >= 0.3 is 0 Å². The second-order valence-electron chi connectivity index (χ2n) is 5.60. The van der Waals surface area contributed by atoms with Crippen LogP contribution in [0.15, 0.2) is 48.7 Å². The van der Waals surface area contributed by atoms with E-state index >= 15 is 0 Å². The third-order valence-electron chi connectivity index (χ3n) is 3.67.